The van der Waals surface area contributed by atoms with Gasteiger partial charge in [-0.15, -0.1) is 0 Å². The highest BCUT2D eigenvalue weighted by atomic mass is 32.2. The summed E-state index contributed by atoms with van der Waals surface area (Å²) in [6.45, 7) is 5.11. The summed E-state index contributed by atoms with van der Waals surface area (Å²) >= 11 is 2.00. The predicted molar refractivity (Wildman–Crippen MR) is 85.8 cm³/mol. The Kier molecular flexibility index (Phi) is 5.75. The van der Waals surface area contributed by atoms with E-state index in [1.54, 1.807) is 0 Å². The van der Waals surface area contributed by atoms with Crippen molar-refractivity contribution in [2.45, 2.75) is 32.4 Å². The fourth-order valence-corrected chi connectivity index (χ4v) is 3.75. The van der Waals surface area contributed by atoms with Crippen LogP contribution in [0.3, 0.4) is 0 Å². The highest BCUT2D eigenvalue weighted by Crippen LogP contribution is 2.22. The minimum absolute atomic E-state index is 0.356. The number of ether oxygens (including phenoxy) is 1. The number of benzene rings is 1. The molecular formula is C16H25NO2S. The molecule has 1 aromatic carbocycles. The number of nitrogens with zero attached hydrogens (tertiary/aromatic N) is 1. The van der Waals surface area contributed by atoms with E-state index in [9.17, 15) is 5.11 Å². The quantitative estimate of drug-likeness (QED) is 0.874. The molecule has 2 unspecified atom stereocenters. The lowest BCUT2D eigenvalue weighted by atomic mass is 10.1. The lowest BCUT2D eigenvalue weighted by molar-refractivity contribution is 0.0662. The van der Waals surface area contributed by atoms with Crippen molar-refractivity contribution in [1.82, 2.24) is 4.90 Å². The molecule has 1 aromatic rings. The first-order chi connectivity index (χ1) is 9.56. The normalized spacial score (nSPS) is 20.4. The van der Waals surface area contributed by atoms with Gasteiger partial charge in [-0.05, 0) is 50.3 Å². The first-order valence-electron chi connectivity index (χ1n) is 7.22. The second kappa shape index (κ2) is 7.34. The van der Waals surface area contributed by atoms with Gasteiger partial charge >= 0.3 is 0 Å². The van der Waals surface area contributed by atoms with E-state index in [2.05, 4.69) is 24.1 Å². The Balaban J connectivity index is 1.79. The van der Waals surface area contributed by atoms with Crippen LogP contribution in [-0.2, 0) is 0 Å². The molecule has 1 aliphatic rings. The Bertz CT molecular complexity index is 432. The van der Waals surface area contributed by atoms with Crippen molar-refractivity contribution >= 4 is 11.8 Å². The number of thioether (sulfide) groups is 1. The smallest absolute Gasteiger partial charge is 0.122 e. The first-order valence-corrected chi connectivity index (χ1v) is 8.38. The Morgan fingerprint density at radius 1 is 1.45 bits per heavy atom. The molecule has 0 spiro atoms. The van der Waals surface area contributed by atoms with Crippen LogP contribution in [0.2, 0.25) is 0 Å². The molecule has 1 fully saturated rings. The van der Waals surface area contributed by atoms with E-state index in [-0.39, 0.29) is 0 Å². The van der Waals surface area contributed by atoms with Crippen molar-refractivity contribution < 1.29 is 9.84 Å². The summed E-state index contributed by atoms with van der Waals surface area (Å²) in [6.07, 6.45) is 0.789. The number of likely N-dealkylation sites (N-methyl/N-ethyl adjacent to an activating group) is 1. The average molecular weight is 295 g/mol. The maximum absolute atomic E-state index is 10.1. The van der Waals surface area contributed by atoms with Gasteiger partial charge in [-0.25, -0.2) is 0 Å². The number of hydrogen-bond donors (Lipinski definition) is 1. The van der Waals surface area contributed by atoms with Crippen LogP contribution in [0.25, 0.3) is 0 Å². The molecule has 112 valence electrons. The van der Waals surface area contributed by atoms with Gasteiger partial charge < -0.3 is 9.84 Å². The predicted octanol–water partition coefficient (Wildman–Crippen LogP) is 2.48. The van der Waals surface area contributed by atoms with E-state index in [1.165, 1.54) is 23.5 Å². The number of rotatable bonds is 6. The minimum Gasteiger partial charge on any atom is -0.491 e. The number of aliphatic hydroxyl groups is 1. The van der Waals surface area contributed by atoms with Crippen LogP contribution in [0.1, 0.15) is 17.5 Å². The van der Waals surface area contributed by atoms with Crippen LogP contribution in [0.15, 0.2) is 18.2 Å². The minimum atomic E-state index is -0.439. The van der Waals surface area contributed by atoms with Gasteiger partial charge in [-0.2, -0.15) is 11.8 Å². The number of aliphatic hydroxyl groups excluding tert-OH is 1. The van der Waals surface area contributed by atoms with Crippen LogP contribution >= 0.6 is 11.8 Å². The van der Waals surface area contributed by atoms with E-state index < -0.39 is 6.10 Å². The second-order valence-electron chi connectivity index (χ2n) is 5.69. The summed E-state index contributed by atoms with van der Waals surface area (Å²) in [4.78, 5) is 2.26. The van der Waals surface area contributed by atoms with E-state index in [1.807, 2.05) is 31.7 Å². The van der Waals surface area contributed by atoms with Crippen molar-refractivity contribution in [2.75, 3.05) is 31.7 Å². The second-order valence-corrected chi connectivity index (χ2v) is 6.84. The van der Waals surface area contributed by atoms with E-state index in [0.29, 0.717) is 19.2 Å². The maximum Gasteiger partial charge on any atom is 0.122 e. The van der Waals surface area contributed by atoms with Crippen LogP contribution < -0.4 is 4.74 Å². The summed E-state index contributed by atoms with van der Waals surface area (Å²) in [5.74, 6) is 3.30. The number of hydrogen-bond acceptors (Lipinski definition) is 4. The molecule has 20 heavy (non-hydrogen) atoms. The maximum atomic E-state index is 10.1. The third-order valence-corrected chi connectivity index (χ3v) is 4.95. The highest BCUT2D eigenvalue weighted by Gasteiger charge is 2.22. The van der Waals surface area contributed by atoms with Gasteiger partial charge in [0.2, 0.25) is 0 Å². The molecule has 0 aliphatic carbocycles. The van der Waals surface area contributed by atoms with Crippen LogP contribution in [0.5, 0.6) is 5.75 Å². The summed E-state index contributed by atoms with van der Waals surface area (Å²) in [5, 5.41) is 10.1. The first kappa shape index (κ1) is 15.7. The Morgan fingerprint density at radius 2 is 2.25 bits per heavy atom. The van der Waals surface area contributed by atoms with Crippen LogP contribution in [-0.4, -0.2) is 53.9 Å². The van der Waals surface area contributed by atoms with Gasteiger partial charge in [-0.3, -0.25) is 4.90 Å². The van der Waals surface area contributed by atoms with Crippen molar-refractivity contribution in [2.24, 2.45) is 0 Å². The van der Waals surface area contributed by atoms with E-state index >= 15 is 0 Å². The van der Waals surface area contributed by atoms with Crippen molar-refractivity contribution in [3.8, 4) is 5.75 Å². The lowest BCUT2D eigenvalue weighted by Crippen LogP contribution is -2.39. The van der Waals surface area contributed by atoms with Gasteiger partial charge in [0.25, 0.3) is 0 Å². The molecule has 1 N–H and O–H groups in total. The van der Waals surface area contributed by atoms with Crippen LogP contribution in [0, 0.1) is 13.8 Å². The van der Waals surface area contributed by atoms with Crippen molar-refractivity contribution in [3.63, 3.8) is 0 Å². The van der Waals surface area contributed by atoms with E-state index in [0.717, 1.165) is 11.3 Å². The van der Waals surface area contributed by atoms with Gasteiger partial charge in [0.05, 0.1) is 0 Å². The van der Waals surface area contributed by atoms with Crippen molar-refractivity contribution in [1.29, 1.82) is 0 Å². The molecule has 4 heteroatoms. The fourth-order valence-electron chi connectivity index (χ4n) is 2.45. The van der Waals surface area contributed by atoms with Crippen LogP contribution in [0.4, 0.5) is 0 Å². The molecule has 0 radical (unpaired) electrons. The van der Waals surface area contributed by atoms with Gasteiger partial charge in [-0.1, -0.05) is 12.1 Å². The highest BCUT2D eigenvalue weighted by molar-refractivity contribution is 7.99. The summed E-state index contributed by atoms with van der Waals surface area (Å²) in [5.41, 5.74) is 2.29. The Labute approximate surface area is 126 Å². The molecule has 0 amide bonds. The molecular weight excluding hydrogens is 270 g/mol. The zero-order valence-corrected chi connectivity index (χ0v) is 13.4. The molecule has 1 saturated heterocycles. The molecule has 0 bridgehead atoms. The largest absolute Gasteiger partial charge is 0.491 e. The standard InChI is InChI=1S/C16H25NO2S/c1-12-4-5-13(2)16(8-12)19-10-15(18)9-17(3)14-6-7-20-11-14/h4-5,8,14-15,18H,6-7,9-11H2,1-3H3. The SMILES string of the molecule is Cc1ccc(C)c(OCC(O)CN(C)C2CCSC2)c1. The average Bonchev–Trinajstić information content (AvgIpc) is 2.94. The number of aryl methyl sites for hydroxylation is 2. The Hall–Kier alpha value is -0.710. The summed E-state index contributed by atoms with van der Waals surface area (Å²) in [6, 6.07) is 6.76. The Morgan fingerprint density at radius 3 is 2.95 bits per heavy atom. The zero-order valence-electron chi connectivity index (χ0n) is 12.6. The topological polar surface area (TPSA) is 32.7 Å². The van der Waals surface area contributed by atoms with Gasteiger partial charge in [0.15, 0.2) is 0 Å². The zero-order chi connectivity index (χ0) is 14.5. The summed E-state index contributed by atoms with van der Waals surface area (Å²) in [7, 11) is 2.09. The molecule has 1 aliphatic heterocycles. The third-order valence-electron chi connectivity index (χ3n) is 3.80. The molecule has 1 heterocycles. The monoisotopic (exact) mass is 295 g/mol. The van der Waals surface area contributed by atoms with Crippen molar-refractivity contribution in [3.05, 3.63) is 29.3 Å². The lowest BCUT2D eigenvalue weighted by Gasteiger charge is -2.26. The molecule has 0 saturated carbocycles. The molecule has 2 rings (SSSR count). The summed E-state index contributed by atoms with van der Waals surface area (Å²) < 4.78 is 5.76. The molecule has 3 nitrogen and oxygen atoms in total. The molecule has 0 aromatic heterocycles. The van der Waals surface area contributed by atoms with Gasteiger partial charge in [0, 0.05) is 18.3 Å². The van der Waals surface area contributed by atoms with E-state index in [4.69, 9.17) is 4.74 Å². The van der Waals surface area contributed by atoms with Gasteiger partial charge in [0.1, 0.15) is 18.5 Å². The third kappa shape index (κ3) is 4.40. The molecule has 2 atom stereocenters. The fraction of sp³-hybridized carbons (Fsp3) is 0.625.